The van der Waals surface area contributed by atoms with Gasteiger partial charge in [0.1, 0.15) is 28.6 Å². The number of rotatable bonds is 3. The smallest absolute Gasteiger partial charge is 0.329 e. The number of nitriles is 1. The number of carbonyl (C=O) groups excluding carboxylic acids is 2. The molecule has 0 aliphatic carbocycles. The summed E-state index contributed by atoms with van der Waals surface area (Å²) >= 11 is 1.21. The number of benzene rings is 1. The third-order valence-electron chi connectivity index (χ3n) is 5.29. The van der Waals surface area contributed by atoms with Crippen LogP contribution in [0, 0.1) is 17.1 Å². The predicted molar refractivity (Wildman–Crippen MR) is 116 cm³/mol. The molecule has 1 saturated heterocycles. The number of imide groups is 1. The minimum absolute atomic E-state index is 0.0800. The van der Waals surface area contributed by atoms with Crippen molar-refractivity contribution in [3.63, 3.8) is 0 Å². The van der Waals surface area contributed by atoms with E-state index >= 15 is 0 Å². The number of nitrogens with zero attached hydrogens (tertiary/aromatic N) is 4. The van der Waals surface area contributed by atoms with E-state index in [2.05, 4.69) is 15.3 Å². The molecule has 1 aromatic carbocycles. The minimum Gasteiger partial charge on any atom is -0.495 e. The quantitative estimate of drug-likeness (QED) is 0.657. The lowest BCUT2D eigenvalue weighted by Gasteiger charge is -2.33. The molecule has 2 aromatic heterocycles. The summed E-state index contributed by atoms with van der Waals surface area (Å²) in [6, 6.07) is 6.90. The van der Waals surface area contributed by atoms with Gasteiger partial charge in [-0.3, -0.25) is 9.78 Å². The van der Waals surface area contributed by atoms with Crippen LogP contribution in [0.15, 0.2) is 48.9 Å². The van der Waals surface area contributed by atoms with Gasteiger partial charge < -0.3 is 10.1 Å². The maximum Gasteiger partial charge on any atom is 0.329 e. The first-order chi connectivity index (χ1) is 15.5. The molecular weight excluding hydrogens is 433 g/mol. The number of nitrogens with one attached hydrogen (secondary N) is 1. The summed E-state index contributed by atoms with van der Waals surface area (Å²) in [6.07, 6.45) is 5.94. The van der Waals surface area contributed by atoms with Crippen molar-refractivity contribution >= 4 is 45.1 Å². The zero-order chi connectivity index (χ0) is 22.4. The lowest BCUT2D eigenvalue weighted by Crippen LogP contribution is -2.60. The zero-order valence-corrected chi connectivity index (χ0v) is 17.4. The Morgan fingerprint density at radius 1 is 1.28 bits per heavy atom. The number of urea groups is 1. The van der Waals surface area contributed by atoms with Crippen LogP contribution in [0.5, 0.6) is 5.75 Å². The van der Waals surface area contributed by atoms with E-state index in [1.165, 1.54) is 49.6 Å². The zero-order valence-electron chi connectivity index (χ0n) is 16.6. The van der Waals surface area contributed by atoms with Crippen LogP contribution in [0.1, 0.15) is 11.3 Å². The molecule has 1 fully saturated rings. The van der Waals surface area contributed by atoms with Crippen molar-refractivity contribution < 1.29 is 18.7 Å². The van der Waals surface area contributed by atoms with Gasteiger partial charge in [0.25, 0.3) is 5.91 Å². The molecule has 3 amide bonds. The molecule has 2 unspecified atom stereocenters. The maximum absolute atomic E-state index is 14.6. The van der Waals surface area contributed by atoms with Crippen molar-refractivity contribution in [1.82, 2.24) is 15.3 Å². The fraction of sp³-hybridized carbons (Fsp3) is 0.136. The Morgan fingerprint density at radius 3 is 2.91 bits per heavy atom. The van der Waals surface area contributed by atoms with Crippen LogP contribution in [0.25, 0.3) is 15.7 Å². The molecule has 0 saturated carbocycles. The monoisotopic (exact) mass is 447 g/mol. The maximum atomic E-state index is 14.6. The van der Waals surface area contributed by atoms with Crippen LogP contribution in [0.2, 0.25) is 0 Å². The third-order valence-corrected chi connectivity index (χ3v) is 6.65. The van der Waals surface area contributed by atoms with Gasteiger partial charge in [0, 0.05) is 27.4 Å². The first-order valence-electron chi connectivity index (χ1n) is 9.51. The van der Waals surface area contributed by atoms with Crippen LogP contribution in [-0.4, -0.2) is 40.3 Å². The number of anilines is 1. The molecule has 8 nitrogen and oxygen atoms in total. The number of carbonyl (C=O) groups is 2. The molecule has 0 bridgehead atoms. The molecule has 2 aliphatic rings. The van der Waals surface area contributed by atoms with Crippen LogP contribution in [-0.2, 0) is 4.79 Å². The molecule has 2 aliphatic heterocycles. The topological polar surface area (TPSA) is 108 Å². The lowest BCUT2D eigenvalue weighted by atomic mass is 10.1. The number of amides is 3. The number of methoxy groups -OCH3 is 1. The molecule has 4 heterocycles. The van der Waals surface area contributed by atoms with Gasteiger partial charge in [-0.05, 0) is 18.2 Å². The van der Waals surface area contributed by atoms with Gasteiger partial charge in [-0.15, -0.1) is 11.8 Å². The Morgan fingerprint density at radius 2 is 2.12 bits per heavy atom. The molecule has 10 heteroatoms. The van der Waals surface area contributed by atoms with Gasteiger partial charge in [0.15, 0.2) is 0 Å². The molecule has 0 radical (unpaired) electrons. The van der Waals surface area contributed by atoms with Gasteiger partial charge in [-0.2, -0.15) is 5.26 Å². The molecule has 0 spiro atoms. The van der Waals surface area contributed by atoms with Crippen molar-refractivity contribution in [3.8, 4) is 11.8 Å². The van der Waals surface area contributed by atoms with E-state index in [4.69, 9.17) is 4.74 Å². The Balaban J connectivity index is 1.53. The summed E-state index contributed by atoms with van der Waals surface area (Å²) < 4.78 is 19.8. The number of fused-ring (bicyclic) bond motifs is 2. The Bertz CT molecular complexity index is 1360. The lowest BCUT2D eigenvalue weighted by molar-refractivity contribution is -0.118. The van der Waals surface area contributed by atoms with E-state index in [-0.39, 0.29) is 16.8 Å². The van der Waals surface area contributed by atoms with E-state index in [9.17, 15) is 19.2 Å². The second-order valence-electron chi connectivity index (χ2n) is 7.10. The van der Waals surface area contributed by atoms with E-state index < -0.39 is 29.0 Å². The summed E-state index contributed by atoms with van der Waals surface area (Å²) in [5.41, 5.74) is 0.772. The summed E-state index contributed by atoms with van der Waals surface area (Å²) in [5, 5.41) is 12.2. The van der Waals surface area contributed by atoms with Crippen molar-refractivity contribution in [3.05, 3.63) is 66.0 Å². The first kappa shape index (κ1) is 20.0. The Hall–Kier alpha value is -3.97. The summed E-state index contributed by atoms with van der Waals surface area (Å²) in [6.45, 7) is 0. The van der Waals surface area contributed by atoms with Gasteiger partial charge in [-0.1, -0.05) is 12.1 Å². The van der Waals surface area contributed by atoms with E-state index in [0.717, 1.165) is 4.90 Å². The predicted octanol–water partition coefficient (Wildman–Crippen LogP) is 3.23. The van der Waals surface area contributed by atoms with Gasteiger partial charge >= 0.3 is 6.03 Å². The van der Waals surface area contributed by atoms with Crippen molar-refractivity contribution in [1.29, 1.82) is 5.26 Å². The average molecular weight is 447 g/mol. The highest BCUT2D eigenvalue weighted by Gasteiger charge is 2.46. The van der Waals surface area contributed by atoms with Gasteiger partial charge in [-0.25, -0.2) is 19.1 Å². The average Bonchev–Trinajstić information content (AvgIpc) is 3.23. The second-order valence-corrected chi connectivity index (χ2v) is 8.28. The number of aromatic nitrogens is 2. The largest absolute Gasteiger partial charge is 0.495 e. The molecule has 3 aromatic rings. The standard InChI is InChI=1S/C22H14FN5O3S/c1-31-12-5-13(16(7-24)26-9-12)18-6-15-20(32-18)21(29)28(22(30)27-15)17-10-25-8-11-3-2-4-14(23)19(11)17/h2-6,8-10,15,20H,1H3,(H,27,30). The number of halogens is 1. The molecule has 158 valence electrons. The van der Waals surface area contributed by atoms with Crippen molar-refractivity contribution in [2.24, 2.45) is 0 Å². The summed E-state index contributed by atoms with van der Waals surface area (Å²) in [4.78, 5) is 36.0. The van der Waals surface area contributed by atoms with Crippen molar-refractivity contribution in [2.45, 2.75) is 11.3 Å². The number of thioether (sulfide) groups is 1. The first-order valence-corrected chi connectivity index (χ1v) is 10.4. The van der Waals surface area contributed by atoms with E-state index in [1.54, 1.807) is 18.2 Å². The number of ether oxygens (including phenoxy) is 1. The third kappa shape index (κ3) is 3.06. The van der Waals surface area contributed by atoms with E-state index in [0.29, 0.717) is 21.6 Å². The SMILES string of the molecule is COc1cnc(C#N)c(C2=CC3NC(=O)N(c4cncc5cccc(F)c45)C(=O)C3S2)c1. The summed E-state index contributed by atoms with van der Waals surface area (Å²) in [7, 11) is 1.49. The highest BCUT2D eigenvalue weighted by atomic mass is 32.2. The number of pyridine rings is 2. The minimum atomic E-state index is -0.692. The Labute approximate surface area is 185 Å². The number of hydrogen-bond acceptors (Lipinski definition) is 7. The molecule has 1 N–H and O–H groups in total. The fourth-order valence-electron chi connectivity index (χ4n) is 3.81. The van der Waals surface area contributed by atoms with Crippen molar-refractivity contribution in [2.75, 3.05) is 12.0 Å². The number of hydrogen-bond donors (Lipinski definition) is 1. The Kier molecular flexibility index (Phi) is 4.75. The molecule has 2 atom stereocenters. The van der Waals surface area contributed by atoms with Gasteiger partial charge in [0.2, 0.25) is 0 Å². The van der Waals surface area contributed by atoms with Gasteiger partial charge in [0.05, 0.1) is 31.2 Å². The van der Waals surface area contributed by atoms with E-state index in [1.807, 2.05) is 6.07 Å². The summed E-state index contributed by atoms with van der Waals surface area (Å²) in [5.74, 6) is -0.590. The molecule has 5 rings (SSSR count). The van der Waals surface area contributed by atoms with Crippen LogP contribution >= 0.6 is 11.8 Å². The fourth-order valence-corrected chi connectivity index (χ4v) is 5.09. The second kappa shape index (κ2) is 7.62. The van der Waals surface area contributed by atoms with Crippen LogP contribution in [0.4, 0.5) is 14.9 Å². The molecule has 32 heavy (non-hydrogen) atoms. The highest BCUT2D eigenvalue weighted by Crippen LogP contribution is 2.44. The normalized spacial score (nSPS) is 19.9. The van der Waals surface area contributed by atoms with Crippen LogP contribution in [0.3, 0.4) is 0 Å². The molecular formula is C22H14FN5O3S. The van der Waals surface area contributed by atoms with Crippen LogP contribution < -0.4 is 15.0 Å². The highest BCUT2D eigenvalue weighted by molar-refractivity contribution is 8.09.